The number of carbonyl (C=O) groups is 8. The lowest BCUT2D eigenvalue weighted by Gasteiger charge is -2.43. The molecule has 0 aliphatic heterocycles. The van der Waals surface area contributed by atoms with Gasteiger partial charge in [-0.25, -0.2) is 0 Å². The second-order valence-electron chi connectivity index (χ2n) is 8.63. The lowest BCUT2D eigenvalue weighted by atomic mass is 9.56. The van der Waals surface area contributed by atoms with E-state index in [0.717, 1.165) is 28.4 Å². The maximum absolute atomic E-state index is 14.0. The third kappa shape index (κ3) is 8.41. The Labute approximate surface area is 248 Å². The minimum absolute atomic E-state index is 0.250. The van der Waals surface area contributed by atoms with Crippen LogP contribution in [0.4, 0.5) is 0 Å². The van der Waals surface area contributed by atoms with E-state index in [0.29, 0.717) is 0 Å². The second-order valence-corrected chi connectivity index (χ2v) is 8.63. The Balaban J connectivity index is 8.10. The van der Waals surface area contributed by atoms with Crippen molar-refractivity contribution in [1.82, 2.24) is 0 Å². The van der Waals surface area contributed by atoms with Gasteiger partial charge < -0.3 is 37.9 Å². The first-order chi connectivity index (χ1) is 20.3. The van der Waals surface area contributed by atoms with Crippen molar-refractivity contribution in [2.45, 2.75) is 47.0 Å². The largest absolute Gasteiger partial charge is 0.468 e. The molecule has 0 radical (unpaired) electrons. The maximum atomic E-state index is 14.0. The SMILES string of the molecule is CCOC(=O)C(CC(C(=O)OCC)(C(=O)OCC)C(CCC(C(=O)OC)C(=O)OC)(C(=O)OC)C(=O)OC)C(=O)OCC. The smallest absolute Gasteiger partial charge is 0.325 e. The summed E-state index contributed by atoms with van der Waals surface area (Å²) >= 11 is 0. The molecule has 0 aromatic rings. The number of methoxy groups -OCH3 is 4. The summed E-state index contributed by atoms with van der Waals surface area (Å²) in [6.07, 6.45) is -3.06. The molecule has 0 saturated carbocycles. The van der Waals surface area contributed by atoms with Crippen LogP contribution in [0.25, 0.3) is 0 Å². The van der Waals surface area contributed by atoms with Crippen molar-refractivity contribution >= 4 is 47.8 Å². The summed E-state index contributed by atoms with van der Waals surface area (Å²) in [5.41, 5.74) is -6.34. The Bertz CT molecular complexity index is 964. The van der Waals surface area contributed by atoms with Crippen LogP contribution in [0.2, 0.25) is 0 Å². The Morgan fingerprint density at radius 1 is 0.465 bits per heavy atom. The van der Waals surface area contributed by atoms with Crippen molar-refractivity contribution in [1.29, 1.82) is 0 Å². The maximum Gasteiger partial charge on any atom is 0.325 e. The molecule has 16 nitrogen and oxygen atoms in total. The van der Waals surface area contributed by atoms with Crippen LogP contribution >= 0.6 is 0 Å². The summed E-state index contributed by atoms with van der Waals surface area (Å²) in [7, 11) is 3.54. The number of rotatable bonds is 18. The summed E-state index contributed by atoms with van der Waals surface area (Å²) in [5.74, 6) is -15.1. The topological polar surface area (TPSA) is 210 Å². The minimum Gasteiger partial charge on any atom is -0.468 e. The molecule has 0 fully saturated rings. The molecule has 0 aliphatic carbocycles. The van der Waals surface area contributed by atoms with Crippen LogP contribution in [0, 0.1) is 22.7 Å². The highest BCUT2D eigenvalue weighted by Crippen LogP contribution is 2.52. The first-order valence-electron chi connectivity index (χ1n) is 13.3. The van der Waals surface area contributed by atoms with Crippen LogP contribution in [0.15, 0.2) is 0 Å². The summed E-state index contributed by atoms with van der Waals surface area (Å²) in [6.45, 7) is 4.16. The van der Waals surface area contributed by atoms with Gasteiger partial charge in [-0.1, -0.05) is 0 Å². The summed E-state index contributed by atoms with van der Waals surface area (Å²) in [4.78, 5) is 106. The van der Waals surface area contributed by atoms with Gasteiger partial charge in [0, 0.05) is 0 Å². The van der Waals surface area contributed by atoms with Crippen LogP contribution in [-0.2, 0) is 76.3 Å². The first kappa shape index (κ1) is 38.8. The number of hydrogen-bond acceptors (Lipinski definition) is 16. The van der Waals surface area contributed by atoms with Gasteiger partial charge in [-0.2, -0.15) is 0 Å². The van der Waals surface area contributed by atoms with Gasteiger partial charge in [-0.15, -0.1) is 0 Å². The average molecular weight is 621 g/mol. The molecule has 0 aromatic carbocycles. The quantitative estimate of drug-likeness (QED) is 0.115. The van der Waals surface area contributed by atoms with Crippen molar-refractivity contribution in [3.05, 3.63) is 0 Å². The Kier molecular flexibility index (Phi) is 16.5. The van der Waals surface area contributed by atoms with Crippen molar-refractivity contribution in [3.63, 3.8) is 0 Å². The molecule has 0 heterocycles. The zero-order valence-electron chi connectivity index (χ0n) is 25.6. The van der Waals surface area contributed by atoms with Crippen LogP contribution < -0.4 is 0 Å². The molecule has 0 aromatic heterocycles. The predicted octanol–water partition coefficient (Wildman–Crippen LogP) is 0.306. The highest BCUT2D eigenvalue weighted by molar-refractivity contribution is 6.15. The molecular weight excluding hydrogens is 580 g/mol. The van der Waals surface area contributed by atoms with Crippen LogP contribution in [0.5, 0.6) is 0 Å². The van der Waals surface area contributed by atoms with Gasteiger partial charge in [0.05, 0.1) is 54.9 Å². The highest BCUT2D eigenvalue weighted by Gasteiger charge is 2.74. The fraction of sp³-hybridized carbons (Fsp3) is 0.704. The number of hydrogen-bond donors (Lipinski definition) is 0. The number of ether oxygens (including phenoxy) is 8. The van der Waals surface area contributed by atoms with Crippen molar-refractivity contribution in [2.24, 2.45) is 22.7 Å². The fourth-order valence-corrected chi connectivity index (χ4v) is 4.51. The van der Waals surface area contributed by atoms with Crippen LogP contribution in [-0.4, -0.2) is 103 Å². The minimum atomic E-state index is -3.21. The molecule has 43 heavy (non-hydrogen) atoms. The van der Waals surface area contributed by atoms with Crippen molar-refractivity contribution in [2.75, 3.05) is 54.9 Å². The fourth-order valence-electron chi connectivity index (χ4n) is 4.51. The van der Waals surface area contributed by atoms with Crippen molar-refractivity contribution in [3.8, 4) is 0 Å². The van der Waals surface area contributed by atoms with Gasteiger partial charge in [-0.3, -0.25) is 38.4 Å². The van der Waals surface area contributed by atoms with Gasteiger partial charge in [0.25, 0.3) is 0 Å². The first-order valence-corrected chi connectivity index (χ1v) is 13.3. The summed E-state index contributed by atoms with van der Waals surface area (Å²) in [5, 5.41) is 0. The average Bonchev–Trinajstić information content (AvgIpc) is 2.99. The molecule has 0 spiro atoms. The molecule has 244 valence electrons. The number of carbonyl (C=O) groups excluding carboxylic acids is 8. The number of esters is 8. The Morgan fingerprint density at radius 3 is 1.14 bits per heavy atom. The molecule has 0 aliphatic rings. The highest BCUT2D eigenvalue weighted by atomic mass is 16.6. The molecule has 0 bridgehead atoms. The van der Waals surface area contributed by atoms with E-state index in [9.17, 15) is 38.4 Å². The molecule has 0 rings (SSSR count). The Morgan fingerprint density at radius 2 is 0.837 bits per heavy atom. The van der Waals surface area contributed by atoms with E-state index in [2.05, 4.69) is 9.47 Å². The third-order valence-corrected chi connectivity index (χ3v) is 6.48. The van der Waals surface area contributed by atoms with E-state index in [-0.39, 0.29) is 13.2 Å². The predicted molar refractivity (Wildman–Crippen MR) is 140 cm³/mol. The van der Waals surface area contributed by atoms with Gasteiger partial charge >= 0.3 is 47.8 Å². The van der Waals surface area contributed by atoms with Crippen LogP contribution in [0.3, 0.4) is 0 Å². The lowest BCUT2D eigenvalue weighted by Crippen LogP contribution is -2.64. The zero-order valence-corrected chi connectivity index (χ0v) is 25.6. The summed E-state index contributed by atoms with van der Waals surface area (Å²) < 4.78 is 39.3. The molecule has 16 heteroatoms. The molecule has 0 amide bonds. The molecule has 0 unspecified atom stereocenters. The van der Waals surface area contributed by atoms with Gasteiger partial charge in [0.1, 0.15) is 0 Å². The molecule has 0 atom stereocenters. The van der Waals surface area contributed by atoms with Crippen LogP contribution in [0.1, 0.15) is 47.0 Å². The van der Waals surface area contributed by atoms with Gasteiger partial charge in [-0.05, 0) is 47.0 Å². The van der Waals surface area contributed by atoms with E-state index in [4.69, 9.17) is 28.4 Å². The zero-order chi connectivity index (χ0) is 33.4. The molecular formula is C27H40O16. The van der Waals surface area contributed by atoms with E-state index in [1.165, 1.54) is 27.7 Å². The monoisotopic (exact) mass is 620 g/mol. The van der Waals surface area contributed by atoms with Gasteiger partial charge in [0.2, 0.25) is 0 Å². The van der Waals surface area contributed by atoms with E-state index in [1.807, 2.05) is 0 Å². The van der Waals surface area contributed by atoms with E-state index >= 15 is 0 Å². The third-order valence-electron chi connectivity index (χ3n) is 6.48. The van der Waals surface area contributed by atoms with Crippen molar-refractivity contribution < 1.29 is 76.3 Å². The van der Waals surface area contributed by atoms with Gasteiger partial charge in [0.15, 0.2) is 22.7 Å². The Hall–Kier alpha value is -4.24. The molecule has 0 N–H and O–H groups in total. The standard InChI is InChI=1S/C27H40O16/c1-9-40-20(30)17(21(31)41-10-2)15-27(24(34)42-11-3,25(35)43-12-4)26(22(32)38-7,23(33)39-8)14-13-16(18(28)36-5)19(29)37-6/h16-17H,9-15H2,1-8H3. The summed E-state index contributed by atoms with van der Waals surface area (Å²) in [6, 6.07) is 0. The molecule has 0 saturated heterocycles. The van der Waals surface area contributed by atoms with E-state index < -0.39 is 103 Å². The normalized spacial score (nSPS) is 11.2. The second kappa shape index (κ2) is 18.3. The van der Waals surface area contributed by atoms with E-state index in [1.54, 1.807) is 0 Å². The lowest BCUT2D eigenvalue weighted by molar-refractivity contribution is -0.206.